The van der Waals surface area contributed by atoms with Gasteiger partial charge >= 0.3 is 12.3 Å². The van der Waals surface area contributed by atoms with E-state index in [2.05, 4.69) is 0 Å². The number of alkyl halides is 4. The number of carbonyl (C=O) groups is 2. The Morgan fingerprint density at radius 3 is 2.43 bits per heavy atom. The molecule has 1 saturated heterocycles. The molecule has 2 unspecified atom stereocenters. The van der Waals surface area contributed by atoms with Crippen LogP contribution >= 0.6 is 0 Å². The zero-order valence-electron chi connectivity index (χ0n) is 11.7. The lowest BCUT2D eigenvalue weighted by atomic mass is 9.79. The molecule has 0 aromatic rings. The third kappa shape index (κ3) is 3.21. The minimum Gasteiger partial charge on any atom is -0.334 e. The Kier molecular flexibility index (Phi) is 4.88. The van der Waals surface area contributed by atoms with Crippen molar-refractivity contribution in [2.24, 2.45) is 5.92 Å². The van der Waals surface area contributed by atoms with E-state index in [4.69, 9.17) is 0 Å². The summed E-state index contributed by atoms with van der Waals surface area (Å²) in [6.07, 6.45) is 0.142. The van der Waals surface area contributed by atoms with Gasteiger partial charge in [-0.2, -0.15) is 8.78 Å². The van der Waals surface area contributed by atoms with Crippen molar-refractivity contribution in [3.63, 3.8) is 0 Å². The zero-order chi connectivity index (χ0) is 15.6. The summed E-state index contributed by atoms with van der Waals surface area (Å²) in [6, 6.07) is -0.649. The number of hydrogen-bond acceptors (Lipinski definition) is 2. The standard InChI is InChI=1S/C14H19F4NO2/c15-12(16)14(17,18)13(21)19-8-4-3-6-10(19)9-5-1-2-7-11(9)20/h9-10,12H,1-8H2. The molecule has 0 bridgehead atoms. The minimum atomic E-state index is -4.67. The van der Waals surface area contributed by atoms with Crippen LogP contribution in [0.2, 0.25) is 0 Å². The molecular weight excluding hydrogens is 290 g/mol. The van der Waals surface area contributed by atoms with Gasteiger partial charge in [-0.3, -0.25) is 9.59 Å². The number of piperidine rings is 1. The van der Waals surface area contributed by atoms with E-state index in [-0.39, 0.29) is 12.3 Å². The van der Waals surface area contributed by atoms with Crippen LogP contribution in [-0.4, -0.2) is 41.5 Å². The number of nitrogens with zero attached hydrogens (tertiary/aromatic N) is 1. The number of amides is 1. The summed E-state index contributed by atoms with van der Waals surface area (Å²) in [5, 5.41) is 0. The molecule has 0 aromatic carbocycles. The Hall–Kier alpha value is -1.14. The second-order valence-corrected chi connectivity index (χ2v) is 5.80. The van der Waals surface area contributed by atoms with Gasteiger partial charge in [0, 0.05) is 24.9 Å². The van der Waals surface area contributed by atoms with E-state index in [1.165, 1.54) is 0 Å². The lowest BCUT2D eigenvalue weighted by molar-refractivity contribution is -0.185. The SMILES string of the molecule is O=C1CCCCC1C1CCCCN1C(=O)C(F)(F)C(F)F. The first kappa shape index (κ1) is 16.2. The highest BCUT2D eigenvalue weighted by Crippen LogP contribution is 2.35. The summed E-state index contributed by atoms with van der Waals surface area (Å²) < 4.78 is 51.5. The molecule has 0 aromatic heterocycles. The number of likely N-dealkylation sites (tertiary alicyclic amines) is 1. The Balaban J connectivity index is 2.19. The lowest BCUT2D eigenvalue weighted by Crippen LogP contribution is -2.56. The van der Waals surface area contributed by atoms with Gasteiger partial charge in [-0.15, -0.1) is 0 Å². The van der Waals surface area contributed by atoms with Crippen molar-refractivity contribution in [2.75, 3.05) is 6.54 Å². The molecule has 1 aliphatic heterocycles. The highest BCUT2D eigenvalue weighted by molar-refractivity contribution is 5.86. The average molecular weight is 309 g/mol. The number of hydrogen-bond donors (Lipinski definition) is 0. The summed E-state index contributed by atoms with van der Waals surface area (Å²) in [4.78, 5) is 24.6. The van der Waals surface area contributed by atoms with Crippen LogP contribution < -0.4 is 0 Å². The second kappa shape index (κ2) is 6.32. The van der Waals surface area contributed by atoms with Gasteiger partial charge < -0.3 is 4.90 Å². The van der Waals surface area contributed by atoms with Crippen LogP contribution in [0.3, 0.4) is 0 Å². The molecule has 1 amide bonds. The fraction of sp³-hybridized carbons (Fsp3) is 0.857. The van der Waals surface area contributed by atoms with Gasteiger partial charge in [-0.05, 0) is 32.1 Å². The van der Waals surface area contributed by atoms with E-state index >= 15 is 0 Å². The minimum absolute atomic E-state index is 0.0234. The molecule has 120 valence electrons. The first-order valence-corrected chi connectivity index (χ1v) is 7.35. The third-order valence-electron chi connectivity index (χ3n) is 4.44. The molecule has 0 spiro atoms. The van der Waals surface area contributed by atoms with Crippen molar-refractivity contribution in [2.45, 2.75) is 63.3 Å². The topological polar surface area (TPSA) is 37.4 Å². The van der Waals surface area contributed by atoms with Crippen LogP contribution in [0, 0.1) is 5.92 Å². The van der Waals surface area contributed by atoms with Crippen LogP contribution in [0.25, 0.3) is 0 Å². The molecule has 2 atom stereocenters. The van der Waals surface area contributed by atoms with Gasteiger partial charge in [0.15, 0.2) is 0 Å². The molecule has 2 fully saturated rings. The summed E-state index contributed by atoms with van der Waals surface area (Å²) >= 11 is 0. The fourth-order valence-corrected chi connectivity index (χ4v) is 3.33. The van der Waals surface area contributed by atoms with E-state index in [0.717, 1.165) is 24.2 Å². The summed E-state index contributed by atoms with van der Waals surface area (Å²) in [7, 11) is 0. The lowest BCUT2D eigenvalue weighted by Gasteiger charge is -2.42. The fourth-order valence-electron chi connectivity index (χ4n) is 3.33. The average Bonchev–Trinajstić information content (AvgIpc) is 2.47. The summed E-state index contributed by atoms with van der Waals surface area (Å²) in [5.74, 6) is -7.02. The predicted molar refractivity (Wildman–Crippen MR) is 67.3 cm³/mol. The number of carbonyl (C=O) groups excluding carboxylic acids is 2. The van der Waals surface area contributed by atoms with Crippen LogP contribution in [0.1, 0.15) is 44.9 Å². The van der Waals surface area contributed by atoms with E-state index in [1.54, 1.807) is 0 Å². The van der Waals surface area contributed by atoms with Crippen molar-refractivity contribution in [3.05, 3.63) is 0 Å². The summed E-state index contributed by atoms with van der Waals surface area (Å²) in [6.45, 7) is 0.0234. The van der Waals surface area contributed by atoms with Gasteiger partial charge in [-0.1, -0.05) is 6.42 Å². The molecule has 2 rings (SSSR count). The molecular formula is C14H19F4NO2. The van der Waals surface area contributed by atoms with E-state index in [1.807, 2.05) is 0 Å². The largest absolute Gasteiger partial charge is 0.383 e. The second-order valence-electron chi connectivity index (χ2n) is 5.80. The number of Topliss-reactive ketones (excluding diaryl/α,β-unsaturated/α-hetero) is 1. The van der Waals surface area contributed by atoms with Gasteiger partial charge in [0.2, 0.25) is 0 Å². The molecule has 1 heterocycles. The van der Waals surface area contributed by atoms with Crippen LogP contribution in [0.4, 0.5) is 17.6 Å². The number of rotatable bonds is 3. The molecule has 1 aliphatic carbocycles. The van der Waals surface area contributed by atoms with E-state index < -0.39 is 30.2 Å². The maximum Gasteiger partial charge on any atom is 0.383 e. The van der Waals surface area contributed by atoms with Crippen molar-refractivity contribution in [1.82, 2.24) is 4.90 Å². The molecule has 0 N–H and O–H groups in total. The first-order chi connectivity index (χ1) is 9.85. The highest BCUT2D eigenvalue weighted by Gasteiger charge is 2.53. The summed E-state index contributed by atoms with van der Waals surface area (Å²) in [5.41, 5.74) is 0. The Bertz CT molecular complexity index is 414. The Labute approximate surface area is 120 Å². The van der Waals surface area contributed by atoms with Crippen LogP contribution in [-0.2, 0) is 9.59 Å². The van der Waals surface area contributed by atoms with Crippen molar-refractivity contribution in [1.29, 1.82) is 0 Å². The quantitative estimate of drug-likeness (QED) is 0.752. The number of ketones is 1. The van der Waals surface area contributed by atoms with Gasteiger partial charge in [0.05, 0.1) is 0 Å². The van der Waals surface area contributed by atoms with Crippen molar-refractivity contribution in [3.8, 4) is 0 Å². The molecule has 1 saturated carbocycles. The van der Waals surface area contributed by atoms with Crippen molar-refractivity contribution < 1.29 is 27.2 Å². The normalized spacial score (nSPS) is 28.0. The molecule has 7 heteroatoms. The highest BCUT2D eigenvalue weighted by atomic mass is 19.3. The smallest absolute Gasteiger partial charge is 0.334 e. The third-order valence-corrected chi connectivity index (χ3v) is 4.44. The first-order valence-electron chi connectivity index (χ1n) is 7.35. The molecule has 3 nitrogen and oxygen atoms in total. The Morgan fingerprint density at radius 1 is 1.14 bits per heavy atom. The van der Waals surface area contributed by atoms with E-state index in [0.29, 0.717) is 25.7 Å². The maximum atomic E-state index is 13.3. The van der Waals surface area contributed by atoms with Gasteiger partial charge in [-0.25, -0.2) is 8.78 Å². The van der Waals surface area contributed by atoms with E-state index in [9.17, 15) is 27.2 Å². The predicted octanol–water partition coefficient (Wildman–Crippen LogP) is 3.03. The monoisotopic (exact) mass is 309 g/mol. The maximum absolute atomic E-state index is 13.3. The van der Waals surface area contributed by atoms with Crippen LogP contribution in [0.5, 0.6) is 0 Å². The van der Waals surface area contributed by atoms with Crippen LogP contribution in [0.15, 0.2) is 0 Å². The van der Waals surface area contributed by atoms with Gasteiger partial charge in [0.25, 0.3) is 5.91 Å². The molecule has 2 aliphatic rings. The molecule has 0 radical (unpaired) electrons. The number of halogens is 4. The molecule has 21 heavy (non-hydrogen) atoms. The van der Waals surface area contributed by atoms with Crippen molar-refractivity contribution >= 4 is 11.7 Å². The van der Waals surface area contributed by atoms with Gasteiger partial charge in [0.1, 0.15) is 5.78 Å². The zero-order valence-corrected chi connectivity index (χ0v) is 11.7. The Morgan fingerprint density at radius 2 is 1.81 bits per heavy atom.